The van der Waals surface area contributed by atoms with Gasteiger partial charge in [-0.05, 0) is 35.9 Å². The first-order valence-corrected chi connectivity index (χ1v) is 8.01. The van der Waals surface area contributed by atoms with Gasteiger partial charge in [0.25, 0.3) is 5.91 Å². The molecule has 0 aliphatic heterocycles. The van der Waals surface area contributed by atoms with Gasteiger partial charge in [0.1, 0.15) is 11.4 Å². The summed E-state index contributed by atoms with van der Waals surface area (Å²) in [6, 6.07) is 15.2. The van der Waals surface area contributed by atoms with Crippen molar-refractivity contribution in [2.75, 3.05) is 14.2 Å². The zero-order valence-corrected chi connectivity index (χ0v) is 14.7. The summed E-state index contributed by atoms with van der Waals surface area (Å²) in [4.78, 5) is 14.5. The molecule has 3 rings (SSSR count). The molecule has 24 heavy (non-hydrogen) atoms. The van der Waals surface area contributed by atoms with Crippen molar-refractivity contribution in [1.82, 2.24) is 9.47 Å². The number of carbonyl (C=O) groups is 1. The first-order chi connectivity index (χ1) is 11.5. The number of methoxy groups -OCH3 is 1. The van der Waals surface area contributed by atoms with Gasteiger partial charge < -0.3 is 14.2 Å². The molecule has 1 aromatic heterocycles. The van der Waals surface area contributed by atoms with E-state index in [1.807, 2.05) is 60.1 Å². The monoisotopic (exact) mass is 342 g/mol. The first kappa shape index (κ1) is 16.4. The average molecular weight is 343 g/mol. The molecule has 0 spiro atoms. The summed E-state index contributed by atoms with van der Waals surface area (Å²) in [5.74, 6) is 0.730. The molecule has 3 aromatic rings. The summed E-state index contributed by atoms with van der Waals surface area (Å²) in [5.41, 5.74) is 2.63. The standard InChI is InChI=1S/C19H19ClN2O2/c1-21(12-13-7-9-14(20)10-8-13)19(23)17-11-15-16(22(17)2)5-4-6-18(15)24-3/h4-11H,12H2,1-3H3. The smallest absolute Gasteiger partial charge is 0.270 e. The predicted octanol–water partition coefficient (Wildman–Crippen LogP) is 4.11. The van der Waals surface area contributed by atoms with Gasteiger partial charge in [-0.15, -0.1) is 0 Å². The van der Waals surface area contributed by atoms with E-state index >= 15 is 0 Å². The van der Waals surface area contributed by atoms with Crippen LogP contribution in [0.2, 0.25) is 5.02 Å². The van der Waals surface area contributed by atoms with Crippen LogP contribution in [0.3, 0.4) is 0 Å². The highest BCUT2D eigenvalue weighted by molar-refractivity contribution is 6.30. The molecule has 124 valence electrons. The van der Waals surface area contributed by atoms with Gasteiger partial charge in [0, 0.05) is 31.0 Å². The zero-order valence-electron chi connectivity index (χ0n) is 13.9. The van der Waals surface area contributed by atoms with E-state index < -0.39 is 0 Å². The van der Waals surface area contributed by atoms with E-state index in [2.05, 4.69) is 0 Å². The summed E-state index contributed by atoms with van der Waals surface area (Å²) < 4.78 is 7.29. The topological polar surface area (TPSA) is 34.5 Å². The highest BCUT2D eigenvalue weighted by Crippen LogP contribution is 2.28. The van der Waals surface area contributed by atoms with Crippen molar-refractivity contribution in [3.63, 3.8) is 0 Å². The summed E-state index contributed by atoms with van der Waals surface area (Å²) in [5, 5.41) is 1.62. The third-order valence-electron chi connectivity index (χ3n) is 4.17. The number of hydrogen-bond acceptors (Lipinski definition) is 2. The molecule has 5 heteroatoms. The SMILES string of the molecule is COc1cccc2c1cc(C(=O)N(C)Cc1ccc(Cl)cc1)n2C. The van der Waals surface area contributed by atoms with Gasteiger partial charge in [-0.2, -0.15) is 0 Å². The van der Waals surface area contributed by atoms with Gasteiger partial charge in [-0.1, -0.05) is 29.8 Å². The second kappa shape index (κ2) is 6.57. The highest BCUT2D eigenvalue weighted by atomic mass is 35.5. The Bertz CT molecular complexity index is 884. The van der Waals surface area contributed by atoms with E-state index in [9.17, 15) is 4.79 Å². The number of benzene rings is 2. The lowest BCUT2D eigenvalue weighted by atomic mass is 10.2. The van der Waals surface area contributed by atoms with Crippen LogP contribution in [0, 0.1) is 0 Å². The van der Waals surface area contributed by atoms with Crippen LogP contribution in [0.1, 0.15) is 16.1 Å². The maximum absolute atomic E-state index is 12.8. The Morgan fingerprint density at radius 2 is 1.92 bits per heavy atom. The number of ether oxygens (including phenoxy) is 1. The molecule has 0 bridgehead atoms. The number of carbonyl (C=O) groups excluding carboxylic acids is 1. The Balaban J connectivity index is 1.90. The number of fused-ring (bicyclic) bond motifs is 1. The average Bonchev–Trinajstić information content (AvgIpc) is 2.93. The molecule has 0 N–H and O–H groups in total. The van der Waals surface area contributed by atoms with E-state index in [4.69, 9.17) is 16.3 Å². The lowest BCUT2D eigenvalue weighted by Crippen LogP contribution is -2.27. The predicted molar refractivity (Wildman–Crippen MR) is 96.7 cm³/mol. The molecule has 0 saturated heterocycles. The number of aryl methyl sites for hydroxylation is 1. The Kier molecular flexibility index (Phi) is 4.49. The van der Waals surface area contributed by atoms with Gasteiger partial charge in [-0.3, -0.25) is 4.79 Å². The molecule has 0 aliphatic rings. The maximum Gasteiger partial charge on any atom is 0.270 e. The van der Waals surface area contributed by atoms with Gasteiger partial charge in [-0.25, -0.2) is 0 Å². The summed E-state index contributed by atoms with van der Waals surface area (Å²) in [7, 11) is 5.33. The quantitative estimate of drug-likeness (QED) is 0.715. The molecule has 0 radical (unpaired) electrons. The van der Waals surface area contributed by atoms with Crippen molar-refractivity contribution in [2.24, 2.45) is 7.05 Å². The van der Waals surface area contributed by atoms with Crippen LogP contribution in [0.5, 0.6) is 5.75 Å². The second-order valence-electron chi connectivity index (χ2n) is 5.77. The lowest BCUT2D eigenvalue weighted by molar-refractivity contribution is 0.0776. The van der Waals surface area contributed by atoms with Crippen LogP contribution in [0.4, 0.5) is 0 Å². The van der Waals surface area contributed by atoms with Crippen molar-refractivity contribution in [2.45, 2.75) is 6.54 Å². The normalized spacial score (nSPS) is 10.8. The van der Waals surface area contributed by atoms with E-state index in [1.54, 1.807) is 19.1 Å². The fraction of sp³-hybridized carbons (Fsp3) is 0.211. The van der Waals surface area contributed by atoms with Crippen LogP contribution >= 0.6 is 11.6 Å². The van der Waals surface area contributed by atoms with E-state index in [0.29, 0.717) is 17.3 Å². The lowest BCUT2D eigenvalue weighted by Gasteiger charge is -2.17. The van der Waals surface area contributed by atoms with E-state index in [-0.39, 0.29) is 5.91 Å². The van der Waals surface area contributed by atoms with Crippen LogP contribution in [-0.2, 0) is 13.6 Å². The molecule has 0 aliphatic carbocycles. The number of rotatable bonds is 4. The minimum atomic E-state index is -0.0364. The first-order valence-electron chi connectivity index (χ1n) is 7.63. The molecule has 1 amide bonds. The molecule has 1 heterocycles. The van der Waals surface area contributed by atoms with Crippen LogP contribution in [0.25, 0.3) is 10.9 Å². The van der Waals surface area contributed by atoms with Gasteiger partial charge in [0.15, 0.2) is 0 Å². The van der Waals surface area contributed by atoms with E-state index in [0.717, 1.165) is 22.2 Å². The largest absolute Gasteiger partial charge is 0.496 e. The minimum absolute atomic E-state index is 0.0364. The number of nitrogens with zero attached hydrogens (tertiary/aromatic N) is 2. The van der Waals surface area contributed by atoms with Crippen LogP contribution < -0.4 is 4.74 Å². The minimum Gasteiger partial charge on any atom is -0.496 e. The summed E-state index contributed by atoms with van der Waals surface area (Å²) in [6.45, 7) is 0.522. The molecule has 2 aromatic carbocycles. The molecule has 4 nitrogen and oxygen atoms in total. The highest BCUT2D eigenvalue weighted by Gasteiger charge is 2.19. The summed E-state index contributed by atoms with van der Waals surface area (Å²) >= 11 is 5.91. The molecular weight excluding hydrogens is 324 g/mol. The van der Waals surface area contributed by atoms with Crippen molar-refractivity contribution in [3.8, 4) is 5.75 Å². The number of amides is 1. The van der Waals surface area contributed by atoms with Gasteiger partial charge in [0.05, 0.1) is 12.6 Å². The third-order valence-corrected chi connectivity index (χ3v) is 4.42. The van der Waals surface area contributed by atoms with Crippen LogP contribution in [-0.4, -0.2) is 29.5 Å². The molecule has 0 atom stereocenters. The molecule has 0 saturated carbocycles. The molecule has 0 fully saturated rings. The van der Waals surface area contributed by atoms with Crippen molar-refractivity contribution < 1.29 is 9.53 Å². The molecule has 0 unspecified atom stereocenters. The second-order valence-corrected chi connectivity index (χ2v) is 6.21. The summed E-state index contributed by atoms with van der Waals surface area (Å²) in [6.07, 6.45) is 0. The number of hydrogen-bond donors (Lipinski definition) is 0. The number of aromatic nitrogens is 1. The van der Waals surface area contributed by atoms with Gasteiger partial charge in [0.2, 0.25) is 0 Å². The van der Waals surface area contributed by atoms with Crippen molar-refractivity contribution >= 4 is 28.4 Å². The zero-order chi connectivity index (χ0) is 17.3. The van der Waals surface area contributed by atoms with Crippen LogP contribution in [0.15, 0.2) is 48.5 Å². The maximum atomic E-state index is 12.8. The fourth-order valence-electron chi connectivity index (χ4n) is 2.85. The van der Waals surface area contributed by atoms with Crippen molar-refractivity contribution in [1.29, 1.82) is 0 Å². The Morgan fingerprint density at radius 3 is 2.58 bits per heavy atom. The third kappa shape index (κ3) is 2.97. The molecular formula is C19H19ClN2O2. The Morgan fingerprint density at radius 1 is 1.21 bits per heavy atom. The van der Waals surface area contributed by atoms with E-state index in [1.165, 1.54) is 0 Å². The van der Waals surface area contributed by atoms with Gasteiger partial charge >= 0.3 is 0 Å². The fourth-order valence-corrected chi connectivity index (χ4v) is 2.97. The number of halogens is 1. The Labute approximate surface area is 146 Å². The van der Waals surface area contributed by atoms with Crippen molar-refractivity contribution in [3.05, 3.63) is 64.8 Å². The Hall–Kier alpha value is -2.46.